The van der Waals surface area contributed by atoms with Gasteiger partial charge in [-0.3, -0.25) is 4.79 Å². The number of hydrogen-bond donors (Lipinski definition) is 2. The molecule has 0 unspecified atom stereocenters. The maximum Gasteiger partial charge on any atom is 0.305 e. The summed E-state index contributed by atoms with van der Waals surface area (Å²) in [7, 11) is -3.41. The van der Waals surface area contributed by atoms with E-state index in [-0.39, 0.29) is 17.1 Å². The lowest BCUT2D eigenvalue weighted by molar-refractivity contribution is -0.138. The maximum atomic E-state index is 11.8. The van der Waals surface area contributed by atoms with E-state index in [2.05, 4.69) is 10.3 Å². The molecule has 1 heterocycles. The first-order valence-corrected chi connectivity index (χ1v) is 8.87. The normalized spacial score (nSPS) is 18.1. The molecule has 0 aromatic carbocycles. The quantitative estimate of drug-likeness (QED) is 0.864. The van der Waals surface area contributed by atoms with Gasteiger partial charge in [0.05, 0.1) is 6.42 Å². The number of aliphatic carboxylic acids is 1. The van der Waals surface area contributed by atoms with Crippen LogP contribution in [0.15, 0.2) is 23.2 Å². The Morgan fingerprint density at radius 2 is 2.05 bits per heavy atom. The lowest BCUT2D eigenvalue weighted by atomic mass is 9.79. The number of sulfone groups is 1. The average molecular weight is 312 g/mol. The monoisotopic (exact) mass is 312 g/mol. The minimum absolute atomic E-state index is 0.0349. The Labute approximate surface area is 124 Å². The number of nitrogens with one attached hydrogen (secondary N) is 1. The highest BCUT2D eigenvalue weighted by atomic mass is 32.2. The van der Waals surface area contributed by atoms with Crippen LogP contribution in [-0.2, 0) is 14.6 Å². The number of nitrogens with zero attached hydrogens (tertiary/aromatic N) is 1. The minimum Gasteiger partial charge on any atom is -0.481 e. The molecular formula is C14H20N2O4S. The van der Waals surface area contributed by atoms with E-state index < -0.39 is 21.3 Å². The zero-order valence-electron chi connectivity index (χ0n) is 12.0. The number of aromatic nitrogens is 1. The second-order valence-electron chi connectivity index (χ2n) is 5.66. The van der Waals surface area contributed by atoms with Crippen LogP contribution in [0.4, 0.5) is 5.82 Å². The van der Waals surface area contributed by atoms with Crippen LogP contribution < -0.4 is 5.32 Å². The summed E-state index contributed by atoms with van der Waals surface area (Å²) >= 11 is 0. The van der Waals surface area contributed by atoms with Crippen LogP contribution in [0.25, 0.3) is 0 Å². The zero-order valence-corrected chi connectivity index (χ0v) is 12.8. The van der Waals surface area contributed by atoms with Crippen molar-refractivity contribution in [1.29, 1.82) is 0 Å². The summed E-state index contributed by atoms with van der Waals surface area (Å²) in [5.74, 6) is -0.635. The average Bonchev–Trinajstić information content (AvgIpc) is 2.38. The zero-order chi connectivity index (χ0) is 15.5. The first-order chi connectivity index (χ1) is 9.82. The van der Waals surface area contributed by atoms with E-state index in [1.807, 2.05) is 0 Å². The van der Waals surface area contributed by atoms with Crippen molar-refractivity contribution in [2.45, 2.75) is 49.0 Å². The first kappa shape index (κ1) is 15.8. The van der Waals surface area contributed by atoms with Crippen LogP contribution >= 0.6 is 0 Å². The van der Waals surface area contributed by atoms with E-state index in [0.717, 1.165) is 25.5 Å². The van der Waals surface area contributed by atoms with Gasteiger partial charge in [-0.25, -0.2) is 13.4 Å². The van der Waals surface area contributed by atoms with Crippen molar-refractivity contribution in [3.8, 4) is 0 Å². The van der Waals surface area contributed by atoms with E-state index in [0.29, 0.717) is 12.8 Å². The van der Waals surface area contributed by atoms with Gasteiger partial charge in [-0.1, -0.05) is 19.3 Å². The molecule has 1 aliphatic rings. The minimum atomic E-state index is -3.41. The number of rotatable bonds is 5. The molecular weight excluding hydrogens is 292 g/mol. The van der Waals surface area contributed by atoms with Gasteiger partial charge in [0.1, 0.15) is 10.7 Å². The van der Waals surface area contributed by atoms with Gasteiger partial charge in [0, 0.05) is 18.0 Å². The molecule has 21 heavy (non-hydrogen) atoms. The highest BCUT2D eigenvalue weighted by molar-refractivity contribution is 7.90. The van der Waals surface area contributed by atoms with Gasteiger partial charge >= 0.3 is 5.97 Å². The standard InChI is InChI=1S/C14H20N2O4S/c1-21(19,20)11-6-5-9-15-13(11)16-14(10-12(17)18)7-3-2-4-8-14/h5-6,9H,2-4,7-8,10H2,1H3,(H,15,16)(H,17,18). The Balaban J connectivity index is 2.35. The van der Waals surface area contributed by atoms with Gasteiger partial charge in [0.25, 0.3) is 0 Å². The molecule has 1 saturated carbocycles. The van der Waals surface area contributed by atoms with Gasteiger partial charge in [-0.15, -0.1) is 0 Å². The van der Waals surface area contributed by atoms with Crippen molar-refractivity contribution in [1.82, 2.24) is 4.98 Å². The fourth-order valence-corrected chi connectivity index (χ4v) is 3.68. The number of carbonyl (C=O) groups is 1. The fraction of sp³-hybridized carbons (Fsp3) is 0.571. The van der Waals surface area contributed by atoms with E-state index in [1.54, 1.807) is 6.07 Å². The van der Waals surface area contributed by atoms with Crippen molar-refractivity contribution in [3.05, 3.63) is 18.3 Å². The summed E-state index contributed by atoms with van der Waals surface area (Å²) in [5.41, 5.74) is -0.613. The van der Waals surface area contributed by atoms with Crippen LogP contribution in [-0.4, -0.2) is 36.3 Å². The van der Waals surface area contributed by atoms with Gasteiger partial charge in [-0.05, 0) is 25.0 Å². The van der Waals surface area contributed by atoms with Crippen molar-refractivity contribution in [2.24, 2.45) is 0 Å². The molecule has 1 aromatic rings. The van der Waals surface area contributed by atoms with Crippen LogP contribution in [0.5, 0.6) is 0 Å². The lowest BCUT2D eigenvalue weighted by Gasteiger charge is -2.37. The van der Waals surface area contributed by atoms with E-state index in [9.17, 15) is 13.2 Å². The summed E-state index contributed by atoms with van der Waals surface area (Å²) in [5, 5.41) is 12.3. The van der Waals surface area contributed by atoms with Crippen molar-refractivity contribution in [3.63, 3.8) is 0 Å². The molecule has 1 fully saturated rings. The molecule has 0 spiro atoms. The molecule has 0 saturated heterocycles. The smallest absolute Gasteiger partial charge is 0.305 e. The molecule has 7 heteroatoms. The second-order valence-corrected chi connectivity index (χ2v) is 7.64. The molecule has 0 radical (unpaired) electrons. The summed E-state index contributed by atoms with van der Waals surface area (Å²) in [6.45, 7) is 0. The summed E-state index contributed by atoms with van der Waals surface area (Å²) < 4.78 is 23.7. The SMILES string of the molecule is CS(=O)(=O)c1cccnc1NC1(CC(=O)O)CCCCC1. The first-order valence-electron chi connectivity index (χ1n) is 6.97. The molecule has 2 N–H and O–H groups in total. The van der Waals surface area contributed by atoms with Crippen LogP contribution in [0.3, 0.4) is 0 Å². The third-order valence-electron chi connectivity index (χ3n) is 3.85. The van der Waals surface area contributed by atoms with Crippen LogP contribution in [0, 0.1) is 0 Å². The molecule has 116 valence electrons. The van der Waals surface area contributed by atoms with E-state index in [1.165, 1.54) is 12.3 Å². The van der Waals surface area contributed by atoms with Crippen molar-refractivity contribution >= 4 is 21.6 Å². The number of hydrogen-bond acceptors (Lipinski definition) is 5. The Morgan fingerprint density at radius 3 is 2.62 bits per heavy atom. The number of carboxylic acid groups (broad SMARTS) is 1. The van der Waals surface area contributed by atoms with Gasteiger partial charge < -0.3 is 10.4 Å². The molecule has 1 aliphatic carbocycles. The third kappa shape index (κ3) is 3.93. The predicted octanol–water partition coefficient (Wildman–Crippen LogP) is 2.07. The second kappa shape index (κ2) is 6.01. The van der Waals surface area contributed by atoms with E-state index >= 15 is 0 Å². The molecule has 0 aliphatic heterocycles. The summed E-state index contributed by atoms with van der Waals surface area (Å²) in [4.78, 5) is 15.4. The van der Waals surface area contributed by atoms with Crippen molar-refractivity contribution in [2.75, 3.05) is 11.6 Å². The number of anilines is 1. The van der Waals surface area contributed by atoms with Gasteiger partial charge in [-0.2, -0.15) is 0 Å². The molecule has 0 amide bonds. The maximum absolute atomic E-state index is 11.8. The van der Waals surface area contributed by atoms with Gasteiger partial charge in [0.15, 0.2) is 9.84 Å². The Hall–Kier alpha value is -1.63. The topological polar surface area (TPSA) is 96.4 Å². The molecule has 0 atom stereocenters. The number of pyridine rings is 1. The molecule has 2 rings (SSSR count). The highest BCUT2D eigenvalue weighted by Gasteiger charge is 2.35. The largest absolute Gasteiger partial charge is 0.481 e. The fourth-order valence-electron chi connectivity index (χ4n) is 2.90. The van der Waals surface area contributed by atoms with Crippen LogP contribution in [0.1, 0.15) is 38.5 Å². The van der Waals surface area contributed by atoms with E-state index in [4.69, 9.17) is 5.11 Å². The Morgan fingerprint density at radius 1 is 1.38 bits per heavy atom. The number of carboxylic acids is 1. The summed E-state index contributed by atoms with van der Waals surface area (Å²) in [6, 6.07) is 3.05. The Bertz CT molecular complexity index is 622. The van der Waals surface area contributed by atoms with Crippen molar-refractivity contribution < 1.29 is 18.3 Å². The molecule has 1 aromatic heterocycles. The molecule has 0 bridgehead atoms. The summed E-state index contributed by atoms with van der Waals surface area (Å²) in [6.07, 6.45) is 6.95. The molecule has 6 nitrogen and oxygen atoms in total. The lowest BCUT2D eigenvalue weighted by Crippen LogP contribution is -2.43. The third-order valence-corrected chi connectivity index (χ3v) is 4.98. The van der Waals surface area contributed by atoms with Crippen LogP contribution in [0.2, 0.25) is 0 Å². The Kier molecular flexibility index (Phi) is 4.51. The van der Waals surface area contributed by atoms with Gasteiger partial charge in [0.2, 0.25) is 0 Å². The predicted molar refractivity (Wildman–Crippen MR) is 79.0 cm³/mol. The highest BCUT2D eigenvalue weighted by Crippen LogP contribution is 2.35.